The second-order valence-corrected chi connectivity index (χ2v) is 5.55. The molecule has 0 aliphatic carbocycles. The first kappa shape index (κ1) is 14.6. The molecule has 112 valence electrons. The molecule has 22 heavy (non-hydrogen) atoms. The van der Waals surface area contributed by atoms with Gasteiger partial charge in [0.1, 0.15) is 11.9 Å². The van der Waals surface area contributed by atoms with Gasteiger partial charge in [0.15, 0.2) is 0 Å². The third-order valence-corrected chi connectivity index (χ3v) is 3.86. The molecule has 2 unspecified atom stereocenters. The molecule has 0 amide bonds. The van der Waals surface area contributed by atoms with E-state index in [2.05, 4.69) is 11.0 Å². The van der Waals surface area contributed by atoms with Gasteiger partial charge in [-0.3, -0.25) is 0 Å². The maximum Gasteiger partial charge on any atom is 0.123 e. The van der Waals surface area contributed by atoms with Crippen LogP contribution in [0.5, 0.6) is 0 Å². The quantitative estimate of drug-likeness (QED) is 0.848. The van der Waals surface area contributed by atoms with Gasteiger partial charge in [0, 0.05) is 18.8 Å². The van der Waals surface area contributed by atoms with E-state index in [1.165, 1.54) is 12.1 Å². The minimum Gasteiger partial charge on any atom is -0.367 e. The molecule has 0 spiro atoms. The van der Waals surface area contributed by atoms with Crippen LogP contribution in [0.25, 0.3) is 0 Å². The number of rotatable bonds is 2. The number of hydrogen-bond donors (Lipinski definition) is 0. The Kier molecular flexibility index (Phi) is 4.08. The summed E-state index contributed by atoms with van der Waals surface area (Å²) in [5.41, 5.74) is 2.70. The summed E-state index contributed by atoms with van der Waals surface area (Å²) in [4.78, 5) is 2.24. The van der Waals surface area contributed by atoms with Crippen LogP contribution >= 0.6 is 0 Å². The highest BCUT2D eigenvalue weighted by Gasteiger charge is 2.26. The Hall–Kier alpha value is -2.38. The SMILES string of the molecule is CC1CN(c2ccc(C#N)cc2)CC(c2ccc(F)cc2)O1. The number of benzene rings is 2. The van der Waals surface area contributed by atoms with Crippen molar-refractivity contribution in [2.24, 2.45) is 0 Å². The van der Waals surface area contributed by atoms with Crippen molar-refractivity contribution >= 4 is 5.69 Å². The first-order valence-corrected chi connectivity index (χ1v) is 7.32. The predicted octanol–water partition coefficient (Wildman–Crippen LogP) is 3.66. The predicted molar refractivity (Wildman–Crippen MR) is 83.1 cm³/mol. The topological polar surface area (TPSA) is 36.3 Å². The lowest BCUT2D eigenvalue weighted by Crippen LogP contribution is -2.42. The zero-order chi connectivity index (χ0) is 15.5. The Balaban J connectivity index is 1.81. The van der Waals surface area contributed by atoms with Crippen molar-refractivity contribution in [2.75, 3.05) is 18.0 Å². The van der Waals surface area contributed by atoms with Crippen LogP contribution in [-0.2, 0) is 4.74 Å². The number of ether oxygens (including phenoxy) is 1. The summed E-state index contributed by atoms with van der Waals surface area (Å²) in [5.74, 6) is -0.239. The molecule has 2 aromatic rings. The number of nitriles is 1. The fourth-order valence-electron chi connectivity index (χ4n) is 2.77. The van der Waals surface area contributed by atoms with E-state index in [0.717, 1.165) is 17.8 Å². The number of morpholine rings is 1. The third kappa shape index (κ3) is 3.10. The second kappa shape index (κ2) is 6.17. The maximum atomic E-state index is 13.1. The second-order valence-electron chi connectivity index (χ2n) is 5.55. The van der Waals surface area contributed by atoms with E-state index in [1.54, 1.807) is 12.1 Å². The molecule has 1 aliphatic rings. The molecule has 0 radical (unpaired) electrons. The van der Waals surface area contributed by atoms with E-state index in [9.17, 15) is 4.39 Å². The summed E-state index contributed by atoms with van der Waals surface area (Å²) in [6.45, 7) is 3.54. The van der Waals surface area contributed by atoms with Crippen molar-refractivity contribution in [3.63, 3.8) is 0 Å². The van der Waals surface area contributed by atoms with E-state index in [0.29, 0.717) is 12.1 Å². The zero-order valence-electron chi connectivity index (χ0n) is 12.4. The molecule has 1 saturated heterocycles. The van der Waals surface area contributed by atoms with Gasteiger partial charge in [0.05, 0.1) is 17.7 Å². The average molecular weight is 296 g/mol. The number of anilines is 1. The Morgan fingerprint density at radius 2 is 1.77 bits per heavy atom. The Labute approximate surface area is 129 Å². The molecule has 3 rings (SSSR count). The van der Waals surface area contributed by atoms with Gasteiger partial charge < -0.3 is 9.64 Å². The zero-order valence-corrected chi connectivity index (χ0v) is 12.4. The first-order valence-electron chi connectivity index (χ1n) is 7.32. The third-order valence-electron chi connectivity index (χ3n) is 3.86. The van der Waals surface area contributed by atoms with Crippen LogP contribution in [0.2, 0.25) is 0 Å². The van der Waals surface area contributed by atoms with E-state index < -0.39 is 0 Å². The van der Waals surface area contributed by atoms with E-state index in [4.69, 9.17) is 10.00 Å². The van der Waals surface area contributed by atoms with Crippen molar-refractivity contribution in [2.45, 2.75) is 19.1 Å². The minimum absolute atomic E-state index is 0.0828. The summed E-state index contributed by atoms with van der Waals surface area (Å²) >= 11 is 0. The molecule has 0 saturated carbocycles. The molecular formula is C18H17FN2O. The van der Waals surface area contributed by atoms with E-state index in [1.807, 2.05) is 31.2 Å². The van der Waals surface area contributed by atoms with Crippen LogP contribution in [0.1, 0.15) is 24.2 Å². The summed E-state index contributed by atoms with van der Waals surface area (Å²) in [6.07, 6.45) is -0.000519. The maximum absolute atomic E-state index is 13.1. The highest BCUT2D eigenvalue weighted by atomic mass is 19.1. The standard InChI is InChI=1S/C18H17FN2O/c1-13-11-21(17-8-2-14(10-20)3-9-17)12-18(22-13)15-4-6-16(19)7-5-15/h2-9,13,18H,11-12H2,1H3. The lowest BCUT2D eigenvalue weighted by atomic mass is 10.1. The first-order chi connectivity index (χ1) is 10.7. The number of halogens is 1. The van der Waals surface area contributed by atoms with Gasteiger partial charge >= 0.3 is 0 Å². The van der Waals surface area contributed by atoms with Crippen molar-refractivity contribution in [1.29, 1.82) is 5.26 Å². The van der Waals surface area contributed by atoms with Gasteiger partial charge in [0.25, 0.3) is 0 Å². The molecule has 2 atom stereocenters. The van der Waals surface area contributed by atoms with Crippen molar-refractivity contribution in [3.8, 4) is 6.07 Å². The highest BCUT2D eigenvalue weighted by Crippen LogP contribution is 2.28. The molecule has 4 heteroatoms. The number of hydrogen-bond acceptors (Lipinski definition) is 3. The van der Waals surface area contributed by atoms with Crippen LogP contribution in [0, 0.1) is 17.1 Å². The normalized spacial score (nSPS) is 21.4. The Morgan fingerprint density at radius 3 is 2.41 bits per heavy atom. The molecule has 2 aromatic carbocycles. The van der Waals surface area contributed by atoms with Crippen molar-refractivity contribution in [1.82, 2.24) is 0 Å². The molecule has 1 heterocycles. The molecule has 3 nitrogen and oxygen atoms in total. The van der Waals surface area contributed by atoms with Gasteiger partial charge in [-0.05, 0) is 48.9 Å². The van der Waals surface area contributed by atoms with Gasteiger partial charge in [-0.25, -0.2) is 4.39 Å². The molecule has 0 bridgehead atoms. The summed E-state index contributed by atoms with van der Waals surface area (Å²) in [7, 11) is 0. The van der Waals surface area contributed by atoms with E-state index >= 15 is 0 Å². The number of nitrogens with zero attached hydrogens (tertiary/aromatic N) is 2. The molecule has 1 fully saturated rings. The van der Waals surface area contributed by atoms with Crippen LogP contribution in [0.4, 0.5) is 10.1 Å². The van der Waals surface area contributed by atoms with Gasteiger partial charge in [-0.15, -0.1) is 0 Å². The Morgan fingerprint density at radius 1 is 1.09 bits per heavy atom. The average Bonchev–Trinajstić information content (AvgIpc) is 2.55. The largest absolute Gasteiger partial charge is 0.367 e. The highest BCUT2D eigenvalue weighted by molar-refractivity contribution is 5.50. The van der Waals surface area contributed by atoms with Crippen LogP contribution in [-0.4, -0.2) is 19.2 Å². The minimum atomic E-state index is -0.239. The van der Waals surface area contributed by atoms with Gasteiger partial charge in [-0.2, -0.15) is 5.26 Å². The molecular weight excluding hydrogens is 279 g/mol. The van der Waals surface area contributed by atoms with Crippen LogP contribution < -0.4 is 4.90 Å². The summed E-state index contributed by atoms with van der Waals surface area (Å²) in [6, 6.07) is 16.2. The van der Waals surface area contributed by atoms with Gasteiger partial charge in [0.2, 0.25) is 0 Å². The fraction of sp³-hybridized carbons (Fsp3) is 0.278. The van der Waals surface area contributed by atoms with Crippen molar-refractivity contribution in [3.05, 3.63) is 65.5 Å². The lowest BCUT2D eigenvalue weighted by molar-refractivity contribution is -0.0174. The van der Waals surface area contributed by atoms with E-state index in [-0.39, 0.29) is 18.0 Å². The summed E-state index contributed by atoms with van der Waals surface area (Å²) in [5, 5.41) is 8.88. The fourth-order valence-corrected chi connectivity index (χ4v) is 2.77. The summed E-state index contributed by atoms with van der Waals surface area (Å²) < 4.78 is 19.1. The molecule has 1 aliphatic heterocycles. The Bertz CT molecular complexity index is 676. The molecule has 0 N–H and O–H groups in total. The van der Waals surface area contributed by atoms with Crippen molar-refractivity contribution < 1.29 is 9.13 Å². The lowest BCUT2D eigenvalue weighted by Gasteiger charge is -2.38. The smallest absolute Gasteiger partial charge is 0.123 e. The van der Waals surface area contributed by atoms with Gasteiger partial charge in [-0.1, -0.05) is 12.1 Å². The van der Waals surface area contributed by atoms with Crippen LogP contribution in [0.15, 0.2) is 48.5 Å². The molecule has 0 aromatic heterocycles. The van der Waals surface area contributed by atoms with Crippen LogP contribution in [0.3, 0.4) is 0 Å². The monoisotopic (exact) mass is 296 g/mol.